The summed E-state index contributed by atoms with van der Waals surface area (Å²) in [5, 5.41) is 10.0. The Hall–Kier alpha value is -2.27. The van der Waals surface area contributed by atoms with Gasteiger partial charge in [0.25, 0.3) is 0 Å². The highest BCUT2D eigenvalue weighted by molar-refractivity contribution is 7.99. The van der Waals surface area contributed by atoms with Gasteiger partial charge in [-0.15, -0.1) is 0 Å². The average molecular weight is 402 g/mol. The Morgan fingerprint density at radius 2 is 1.54 bits per heavy atom. The van der Waals surface area contributed by atoms with Gasteiger partial charge in [0.05, 0.1) is 16.3 Å². The summed E-state index contributed by atoms with van der Waals surface area (Å²) < 4.78 is 0. The van der Waals surface area contributed by atoms with E-state index in [0.717, 1.165) is 15.4 Å². The Labute approximate surface area is 165 Å². The van der Waals surface area contributed by atoms with Crippen LogP contribution in [0, 0.1) is 0 Å². The van der Waals surface area contributed by atoms with Crippen LogP contribution < -0.4 is 0 Å². The monoisotopic (exact) mass is 401 g/mol. The van der Waals surface area contributed by atoms with Crippen LogP contribution in [-0.4, -0.2) is 17.3 Å². The molecule has 1 N–H and O–H groups in total. The number of rotatable bonds is 5. The molecule has 0 heterocycles. The van der Waals surface area contributed by atoms with Gasteiger partial charge in [-0.3, -0.25) is 4.99 Å². The molecule has 0 fully saturated rings. The smallest absolute Gasteiger partial charge is 0.337 e. The molecule has 0 unspecified atom stereocenters. The third-order valence-corrected chi connectivity index (χ3v) is 5.07. The van der Waals surface area contributed by atoms with Crippen molar-refractivity contribution < 1.29 is 9.90 Å². The van der Waals surface area contributed by atoms with Crippen LogP contribution >= 0.6 is 35.0 Å². The number of aliphatic imine (C=N–C) groups is 1. The van der Waals surface area contributed by atoms with Gasteiger partial charge in [-0.25, -0.2) is 4.79 Å². The first-order valence-electron chi connectivity index (χ1n) is 7.62. The highest BCUT2D eigenvalue weighted by Crippen LogP contribution is 2.28. The van der Waals surface area contributed by atoms with E-state index in [1.54, 1.807) is 24.0 Å². The van der Waals surface area contributed by atoms with Gasteiger partial charge < -0.3 is 5.11 Å². The Bertz CT molecular complexity index is 955. The summed E-state index contributed by atoms with van der Waals surface area (Å²) in [5.41, 5.74) is 1.49. The molecule has 3 rings (SSSR count). The largest absolute Gasteiger partial charge is 0.478 e. The van der Waals surface area contributed by atoms with Crippen LogP contribution in [0.25, 0.3) is 0 Å². The SMILES string of the molecule is O=C(O)c1cc(N=Cc2ccc(Sc3ccc(Cl)cc3)cc2)ccc1Cl. The lowest BCUT2D eigenvalue weighted by Gasteiger charge is -2.03. The summed E-state index contributed by atoms with van der Waals surface area (Å²) in [6, 6.07) is 20.3. The lowest BCUT2D eigenvalue weighted by molar-refractivity contribution is 0.0697. The van der Waals surface area contributed by atoms with Gasteiger partial charge in [-0.2, -0.15) is 0 Å². The lowest BCUT2D eigenvalue weighted by Crippen LogP contribution is -1.96. The van der Waals surface area contributed by atoms with Gasteiger partial charge in [0.15, 0.2) is 0 Å². The normalized spacial score (nSPS) is 11.0. The van der Waals surface area contributed by atoms with Crippen LogP contribution in [0.5, 0.6) is 0 Å². The molecule has 0 amide bonds. The number of benzene rings is 3. The zero-order valence-corrected chi connectivity index (χ0v) is 15.7. The summed E-state index contributed by atoms with van der Waals surface area (Å²) >= 11 is 13.4. The summed E-state index contributed by atoms with van der Waals surface area (Å²) in [6.07, 6.45) is 1.69. The van der Waals surface area contributed by atoms with E-state index >= 15 is 0 Å². The van der Waals surface area contributed by atoms with Gasteiger partial charge in [0, 0.05) is 21.0 Å². The van der Waals surface area contributed by atoms with E-state index < -0.39 is 5.97 Å². The molecule has 0 saturated heterocycles. The van der Waals surface area contributed by atoms with Crippen molar-refractivity contribution in [3.8, 4) is 0 Å². The number of carbonyl (C=O) groups is 1. The molecule has 0 saturated carbocycles. The van der Waals surface area contributed by atoms with Crippen LogP contribution in [0.2, 0.25) is 10.0 Å². The van der Waals surface area contributed by atoms with Gasteiger partial charge in [0.2, 0.25) is 0 Å². The van der Waals surface area contributed by atoms with Crippen LogP contribution in [0.3, 0.4) is 0 Å². The van der Waals surface area contributed by atoms with Crippen molar-refractivity contribution in [1.82, 2.24) is 0 Å². The lowest BCUT2D eigenvalue weighted by atomic mass is 10.2. The number of carboxylic acid groups (broad SMARTS) is 1. The minimum absolute atomic E-state index is 0.0380. The molecule has 3 aromatic carbocycles. The summed E-state index contributed by atoms with van der Waals surface area (Å²) in [6.45, 7) is 0. The number of nitrogens with zero attached hydrogens (tertiary/aromatic N) is 1. The minimum Gasteiger partial charge on any atom is -0.478 e. The van der Waals surface area contributed by atoms with E-state index in [4.69, 9.17) is 28.3 Å². The molecule has 0 atom stereocenters. The molecule has 0 aliphatic carbocycles. The Balaban J connectivity index is 1.71. The Morgan fingerprint density at radius 1 is 0.923 bits per heavy atom. The second-order valence-electron chi connectivity index (χ2n) is 5.35. The first-order chi connectivity index (χ1) is 12.5. The maximum absolute atomic E-state index is 11.1. The quantitative estimate of drug-likeness (QED) is 0.490. The zero-order chi connectivity index (χ0) is 18.5. The second-order valence-corrected chi connectivity index (χ2v) is 7.34. The van der Waals surface area contributed by atoms with Crippen molar-refractivity contribution in [2.45, 2.75) is 9.79 Å². The van der Waals surface area contributed by atoms with Crippen molar-refractivity contribution >= 4 is 52.8 Å². The summed E-state index contributed by atoms with van der Waals surface area (Å²) in [7, 11) is 0. The summed E-state index contributed by atoms with van der Waals surface area (Å²) in [5.74, 6) is -1.07. The predicted molar refractivity (Wildman–Crippen MR) is 108 cm³/mol. The fourth-order valence-corrected chi connectivity index (χ4v) is 3.31. The number of carboxylic acids is 1. The molecule has 0 spiro atoms. The number of hydrogen-bond acceptors (Lipinski definition) is 3. The molecular weight excluding hydrogens is 389 g/mol. The molecule has 0 aromatic heterocycles. The van der Waals surface area contributed by atoms with Crippen LogP contribution in [0.15, 0.2) is 81.5 Å². The van der Waals surface area contributed by atoms with Gasteiger partial charge in [-0.1, -0.05) is 47.1 Å². The van der Waals surface area contributed by atoms with Crippen LogP contribution in [0.1, 0.15) is 15.9 Å². The third kappa shape index (κ3) is 4.88. The van der Waals surface area contributed by atoms with E-state index in [1.807, 2.05) is 48.5 Å². The molecule has 130 valence electrons. The molecule has 0 radical (unpaired) electrons. The highest BCUT2D eigenvalue weighted by atomic mass is 35.5. The molecule has 0 aliphatic heterocycles. The molecule has 3 nitrogen and oxygen atoms in total. The Kier molecular flexibility index (Phi) is 5.99. The Morgan fingerprint density at radius 3 is 2.15 bits per heavy atom. The average Bonchev–Trinajstić information content (AvgIpc) is 2.64. The molecular formula is C20H13Cl2NO2S. The van der Waals surface area contributed by atoms with E-state index in [-0.39, 0.29) is 10.6 Å². The van der Waals surface area contributed by atoms with E-state index in [1.165, 1.54) is 12.1 Å². The maximum atomic E-state index is 11.1. The molecule has 6 heteroatoms. The number of hydrogen-bond donors (Lipinski definition) is 1. The van der Waals surface area contributed by atoms with E-state index in [2.05, 4.69) is 4.99 Å². The fraction of sp³-hybridized carbons (Fsp3) is 0. The first-order valence-corrected chi connectivity index (χ1v) is 9.19. The first kappa shape index (κ1) is 18.5. The van der Waals surface area contributed by atoms with E-state index in [9.17, 15) is 4.79 Å². The van der Waals surface area contributed by atoms with E-state index in [0.29, 0.717) is 10.7 Å². The third-order valence-electron chi connectivity index (χ3n) is 3.47. The molecule has 26 heavy (non-hydrogen) atoms. The molecule has 0 aliphatic rings. The zero-order valence-electron chi connectivity index (χ0n) is 13.4. The van der Waals surface area contributed by atoms with Crippen molar-refractivity contribution in [2.75, 3.05) is 0 Å². The van der Waals surface area contributed by atoms with Gasteiger partial charge in [0.1, 0.15) is 0 Å². The van der Waals surface area contributed by atoms with Crippen molar-refractivity contribution in [2.24, 2.45) is 4.99 Å². The maximum Gasteiger partial charge on any atom is 0.337 e. The molecule has 3 aromatic rings. The van der Waals surface area contributed by atoms with Crippen LogP contribution in [-0.2, 0) is 0 Å². The predicted octanol–water partition coefficient (Wildman–Crippen LogP) is 6.59. The minimum atomic E-state index is -1.07. The van der Waals surface area contributed by atoms with Gasteiger partial charge >= 0.3 is 5.97 Å². The topological polar surface area (TPSA) is 49.7 Å². The van der Waals surface area contributed by atoms with Crippen molar-refractivity contribution in [3.05, 3.63) is 87.9 Å². The summed E-state index contributed by atoms with van der Waals surface area (Å²) in [4.78, 5) is 17.6. The number of aromatic carboxylic acids is 1. The highest BCUT2D eigenvalue weighted by Gasteiger charge is 2.08. The standard InChI is InChI=1S/C20H13Cl2NO2S/c21-14-3-8-17(9-4-14)26-16-6-1-13(2-7-16)12-23-15-5-10-19(22)18(11-15)20(24)25/h1-12H,(H,24,25). The fourth-order valence-electron chi connectivity index (χ4n) is 2.17. The van der Waals surface area contributed by atoms with Crippen LogP contribution in [0.4, 0.5) is 5.69 Å². The van der Waals surface area contributed by atoms with Crippen molar-refractivity contribution in [3.63, 3.8) is 0 Å². The number of halogens is 2. The van der Waals surface area contributed by atoms with Gasteiger partial charge in [-0.05, 0) is 60.2 Å². The second kappa shape index (κ2) is 8.41. The van der Waals surface area contributed by atoms with Crippen molar-refractivity contribution in [1.29, 1.82) is 0 Å². The molecule has 0 bridgehead atoms.